The fourth-order valence-corrected chi connectivity index (χ4v) is 3.11. The Morgan fingerprint density at radius 1 is 1.22 bits per heavy atom. The van der Waals surface area contributed by atoms with Gasteiger partial charge in [-0.05, 0) is 49.4 Å². The lowest BCUT2D eigenvalue weighted by molar-refractivity contribution is -0.143. The number of carbonyl (C=O) groups is 1. The van der Waals surface area contributed by atoms with Gasteiger partial charge >= 0.3 is 5.97 Å². The lowest BCUT2D eigenvalue weighted by atomic mass is 9.76. The van der Waals surface area contributed by atoms with E-state index >= 15 is 0 Å². The van der Waals surface area contributed by atoms with Crippen molar-refractivity contribution in [2.24, 2.45) is 0 Å². The number of hydrogen-bond donors (Lipinski definition) is 1. The van der Waals surface area contributed by atoms with Crippen molar-refractivity contribution in [3.05, 3.63) is 28.8 Å². The third kappa shape index (κ3) is 1.78. The highest BCUT2D eigenvalue weighted by atomic mass is 16.5. The topological polar surface area (TPSA) is 46.5 Å². The molecular weight excluding hydrogens is 228 g/mol. The molecule has 0 amide bonds. The van der Waals surface area contributed by atoms with E-state index in [4.69, 9.17) is 4.74 Å². The normalized spacial score (nSPS) is 17.7. The number of carboxylic acid groups (broad SMARTS) is 1. The van der Waals surface area contributed by atoms with Crippen LogP contribution in [0.2, 0.25) is 0 Å². The van der Waals surface area contributed by atoms with Crippen LogP contribution in [-0.2, 0) is 10.2 Å². The van der Waals surface area contributed by atoms with Gasteiger partial charge in [0, 0.05) is 0 Å². The molecule has 0 bridgehead atoms. The SMILES string of the molecule is COc1ccc(C2(C(=O)O)CCCC2)c(C)c1C. The maximum Gasteiger partial charge on any atom is 0.314 e. The highest BCUT2D eigenvalue weighted by Crippen LogP contribution is 2.44. The first kappa shape index (κ1) is 12.9. The Balaban J connectivity index is 2.56. The maximum atomic E-state index is 11.7. The molecule has 1 saturated carbocycles. The van der Waals surface area contributed by atoms with Crippen molar-refractivity contribution < 1.29 is 14.6 Å². The Hall–Kier alpha value is -1.51. The van der Waals surface area contributed by atoms with E-state index in [2.05, 4.69) is 0 Å². The van der Waals surface area contributed by atoms with Gasteiger partial charge in [-0.1, -0.05) is 18.9 Å². The van der Waals surface area contributed by atoms with Gasteiger partial charge < -0.3 is 9.84 Å². The fraction of sp³-hybridized carbons (Fsp3) is 0.533. The molecule has 0 saturated heterocycles. The molecule has 0 radical (unpaired) electrons. The molecule has 1 aromatic carbocycles. The molecule has 1 aromatic rings. The Labute approximate surface area is 108 Å². The second-order valence-corrected chi connectivity index (χ2v) is 5.16. The van der Waals surface area contributed by atoms with Crippen LogP contribution in [-0.4, -0.2) is 18.2 Å². The highest BCUT2D eigenvalue weighted by Gasteiger charge is 2.44. The standard InChI is InChI=1S/C15H20O3/c1-10-11(2)13(18-3)7-6-12(10)15(14(16)17)8-4-5-9-15/h6-7H,4-5,8-9H2,1-3H3,(H,16,17). The van der Waals surface area contributed by atoms with Crippen LogP contribution in [0.3, 0.4) is 0 Å². The van der Waals surface area contributed by atoms with Crippen molar-refractivity contribution >= 4 is 5.97 Å². The fourth-order valence-electron chi connectivity index (χ4n) is 3.11. The average molecular weight is 248 g/mol. The molecule has 0 aromatic heterocycles. The number of carboxylic acids is 1. The van der Waals surface area contributed by atoms with E-state index in [0.29, 0.717) is 0 Å². The van der Waals surface area contributed by atoms with Gasteiger partial charge in [-0.2, -0.15) is 0 Å². The lowest BCUT2D eigenvalue weighted by Crippen LogP contribution is -2.33. The van der Waals surface area contributed by atoms with Gasteiger partial charge in [0.1, 0.15) is 5.75 Å². The molecule has 1 fully saturated rings. The molecule has 3 nitrogen and oxygen atoms in total. The number of methoxy groups -OCH3 is 1. The molecule has 1 aliphatic carbocycles. The molecule has 98 valence electrons. The van der Waals surface area contributed by atoms with E-state index in [-0.39, 0.29) is 0 Å². The highest BCUT2D eigenvalue weighted by molar-refractivity contribution is 5.82. The van der Waals surface area contributed by atoms with Crippen LogP contribution >= 0.6 is 0 Å². The van der Waals surface area contributed by atoms with Crippen molar-refractivity contribution in [3.8, 4) is 5.75 Å². The van der Waals surface area contributed by atoms with Crippen LogP contribution in [0.1, 0.15) is 42.4 Å². The Bertz CT molecular complexity index is 471. The molecule has 2 rings (SSSR count). The van der Waals surface area contributed by atoms with Crippen molar-refractivity contribution in [2.75, 3.05) is 7.11 Å². The Morgan fingerprint density at radius 2 is 1.83 bits per heavy atom. The first-order valence-corrected chi connectivity index (χ1v) is 6.41. The molecular formula is C15H20O3. The van der Waals surface area contributed by atoms with Crippen molar-refractivity contribution in [1.82, 2.24) is 0 Å². The monoisotopic (exact) mass is 248 g/mol. The average Bonchev–Trinajstić information content (AvgIpc) is 2.83. The second kappa shape index (κ2) is 4.63. The summed E-state index contributed by atoms with van der Waals surface area (Å²) in [5.41, 5.74) is 2.38. The van der Waals surface area contributed by atoms with E-state index in [1.165, 1.54) is 0 Å². The zero-order valence-electron chi connectivity index (χ0n) is 11.2. The summed E-state index contributed by atoms with van der Waals surface area (Å²) in [4.78, 5) is 11.7. The maximum absolute atomic E-state index is 11.7. The predicted octanol–water partition coefficient (Wildman–Crippen LogP) is 3.21. The van der Waals surface area contributed by atoms with E-state index < -0.39 is 11.4 Å². The molecule has 3 heteroatoms. The summed E-state index contributed by atoms with van der Waals surface area (Å²) in [7, 11) is 1.64. The number of aliphatic carboxylic acids is 1. The zero-order chi connectivity index (χ0) is 13.3. The second-order valence-electron chi connectivity index (χ2n) is 5.16. The lowest BCUT2D eigenvalue weighted by Gasteiger charge is -2.27. The van der Waals surface area contributed by atoms with Gasteiger partial charge in [0.2, 0.25) is 0 Å². The van der Waals surface area contributed by atoms with Crippen molar-refractivity contribution in [1.29, 1.82) is 0 Å². The minimum atomic E-state index is -0.687. The summed E-state index contributed by atoms with van der Waals surface area (Å²) in [5.74, 6) is 0.141. The number of rotatable bonds is 3. The molecule has 1 aliphatic rings. The van der Waals surface area contributed by atoms with Crippen LogP contribution in [0.15, 0.2) is 12.1 Å². The van der Waals surface area contributed by atoms with Crippen LogP contribution in [0.5, 0.6) is 5.75 Å². The summed E-state index contributed by atoms with van der Waals surface area (Å²) in [6.07, 6.45) is 3.48. The minimum absolute atomic E-state index is 0.679. The first-order chi connectivity index (χ1) is 8.53. The number of benzene rings is 1. The first-order valence-electron chi connectivity index (χ1n) is 6.41. The molecule has 0 heterocycles. The zero-order valence-corrected chi connectivity index (χ0v) is 11.2. The van der Waals surface area contributed by atoms with E-state index in [1.54, 1.807) is 7.11 Å². The van der Waals surface area contributed by atoms with Gasteiger partial charge in [-0.3, -0.25) is 4.79 Å². The summed E-state index contributed by atoms with van der Waals surface area (Å²) in [6.45, 7) is 3.98. The molecule has 1 N–H and O–H groups in total. The van der Waals surface area contributed by atoms with Crippen LogP contribution in [0.25, 0.3) is 0 Å². The van der Waals surface area contributed by atoms with Gasteiger partial charge in [-0.15, -0.1) is 0 Å². The minimum Gasteiger partial charge on any atom is -0.496 e. The third-order valence-corrected chi connectivity index (χ3v) is 4.34. The smallest absolute Gasteiger partial charge is 0.314 e. The van der Waals surface area contributed by atoms with Crippen molar-refractivity contribution in [2.45, 2.75) is 44.9 Å². The summed E-state index contributed by atoms with van der Waals surface area (Å²) >= 11 is 0. The summed E-state index contributed by atoms with van der Waals surface area (Å²) in [5, 5.41) is 9.63. The van der Waals surface area contributed by atoms with Gasteiger partial charge in [0.15, 0.2) is 0 Å². The summed E-state index contributed by atoms with van der Waals surface area (Å²) in [6, 6.07) is 3.82. The van der Waals surface area contributed by atoms with E-state index in [0.717, 1.165) is 48.1 Å². The summed E-state index contributed by atoms with van der Waals surface area (Å²) < 4.78 is 5.29. The van der Waals surface area contributed by atoms with Gasteiger partial charge in [-0.25, -0.2) is 0 Å². The largest absolute Gasteiger partial charge is 0.496 e. The van der Waals surface area contributed by atoms with Gasteiger partial charge in [0.05, 0.1) is 12.5 Å². The molecule has 0 spiro atoms. The van der Waals surface area contributed by atoms with Crippen molar-refractivity contribution in [3.63, 3.8) is 0 Å². The molecule has 0 unspecified atom stereocenters. The molecule has 18 heavy (non-hydrogen) atoms. The molecule has 0 atom stereocenters. The van der Waals surface area contributed by atoms with E-state index in [9.17, 15) is 9.90 Å². The van der Waals surface area contributed by atoms with Gasteiger partial charge in [0.25, 0.3) is 0 Å². The predicted molar refractivity (Wildman–Crippen MR) is 70.2 cm³/mol. The third-order valence-electron chi connectivity index (χ3n) is 4.34. The van der Waals surface area contributed by atoms with Crippen LogP contribution in [0, 0.1) is 13.8 Å². The van der Waals surface area contributed by atoms with Crippen LogP contribution < -0.4 is 4.74 Å². The Kier molecular flexibility index (Phi) is 3.33. The molecule has 0 aliphatic heterocycles. The van der Waals surface area contributed by atoms with E-state index in [1.807, 2.05) is 26.0 Å². The van der Waals surface area contributed by atoms with Crippen LogP contribution in [0.4, 0.5) is 0 Å². The quantitative estimate of drug-likeness (QED) is 0.893. The number of hydrogen-bond acceptors (Lipinski definition) is 2. The Morgan fingerprint density at radius 3 is 2.33 bits per heavy atom. The number of ether oxygens (including phenoxy) is 1.